The molecule has 0 aliphatic heterocycles. The van der Waals surface area contributed by atoms with Gasteiger partial charge in [0.2, 0.25) is 5.91 Å². The number of amides is 1. The van der Waals surface area contributed by atoms with Crippen LogP contribution >= 0.6 is 34.7 Å². The average Bonchev–Trinajstić information content (AvgIpc) is 3.59. The molecule has 0 bridgehead atoms. The van der Waals surface area contributed by atoms with Crippen LogP contribution in [0.4, 0.5) is 4.39 Å². The molecular weight excluding hydrogens is 569 g/mol. The van der Waals surface area contributed by atoms with Gasteiger partial charge in [-0.25, -0.2) is 4.39 Å². The highest BCUT2D eigenvalue weighted by molar-refractivity contribution is 7.98. The molecule has 5 rings (SSSR count). The van der Waals surface area contributed by atoms with Gasteiger partial charge in [-0.05, 0) is 60.0 Å². The van der Waals surface area contributed by atoms with Crippen molar-refractivity contribution >= 4 is 40.6 Å². The number of aryl methyl sites for hydroxylation is 1. The molecule has 11 heteroatoms. The first-order valence-corrected chi connectivity index (χ1v) is 14.5. The first kappa shape index (κ1) is 27.8. The molecule has 0 aliphatic carbocycles. The molecular formula is C29H25ClFN5O2S2. The van der Waals surface area contributed by atoms with Gasteiger partial charge in [-0.2, -0.15) is 10.1 Å². The molecule has 3 heterocycles. The van der Waals surface area contributed by atoms with Crippen molar-refractivity contribution in [3.05, 3.63) is 122 Å². The first-order valence-electron chi connectivity index (χ1n) is 12.3. The molecule has 0 fully saturated rings. The van der Waals surface area contributed by atoms with Crippen LogP contribution in [0.1, 0.15) is 28.5 Å². The van der Waals surface area contributed by atoms with Crippen molar-refractivity contribution < 1.29 is 9.18 Å². The monoisotopic (exact) mass is 593 g/mol. The second-order valence-corrected chi connectivity index (χ2v) is 11.9. The normalized spacial score (nSPS) is 12.8. The van der Waals surface area contributed by atoms with Gasteiger partial charge < -0.3 is 10.3 Å². The number of rotatable bonds is 9. The van der Waals surface area contributed by atoms with Gasteiger partial charge in [0.25, 0.3) is 5.56 Å². The third kappa shape index (κ3) is 5.74. The van der Waals surface area contributed by atoms with Crippen LogP contribution in [0.25, 0.3) is 10.4 Å². The number of primary amides is 1. The van der Waals surface area contributed by atoms with Crippen molar-refractivity contribution in [3.8, 4) is 10.4 Å². The van der Waals surface area contributed by atoms with Gasteiger partial charge in [0, 0.05) is 52.0 Å². The SMILES string of the molecule is Cn1cc(Cc2cn(C(C)(C(N)=O)c3ccc(-c4ccc(Cl)cc4)s3)c(SCc3ccc(F)cc3)nc2=O)cn1. The standard InChI is InChI=1S/C29H25ClFN5O2S2/c1-29(27(32)38,25-12-11-24(40-25)20-5-7-22(30)8-6-20)36-16-21(13-19-14-33-35(2)15-19)26(37)34-28(36)39-17-18-3-9-23(31)10-4-18/h3-12,14-16H,13,17H2,1-2H3,(H2,32,38). The van der Waals surface area contributed by atoms with E-state index in [-0.39, 0.29) is 12.2 Å². The van der Waals surface area contributed by atoms with Crippen molar-refractivity contribution in [2.45, 2.75) is 29.8 Å². The molecule has 0 radical (unpaired) electrons. The summed E-state index contributed by atoms with van der Waals surface area (Å²) in [5.74, 6) is -0.526. The van der Waals surface area contributed by atoms with E-state index in [1.165, 1.54) is 35.2 Å². The number of nitrogens with two attached hydrogens (primary N) is 1. The fourth-order valence-electron chi connectivity index (χ4n) is 4.26. The zero-order valence-electron chi connectivity index (χ0n) is 21.7. The fraction of sp³-hybridized carbons (Fsp3) is 0.172. The zero-order chi connectivity index (χ0) is 28.4. The maximum atomic E-state index is 13.4. The number of thioether (sulfide) groups is 1. The van der Waals surface area contributed by atoms with E-state index in [4.69, 9.17) is 17.3 Å². The Labute approximate surface area is 243 Å². The highest BCUT2D eigenvalue weighted by atomic mass is 35.5. The Morgan fingerprint density at radius 3 is 2.45 bits per heavy atom. The molecule has 7 nitrogen and oxygen atoms in total. The Hall–Kier alpha value is -3.73. The summed E-state index contributed by atoms with van der Waals surface area (Å²) >= 11 is 8.77. The first-order chi connectivity index (χ1) is 19.1. The second kappa shape index (κ2) is 11.4. The number of benzene rings is 2. The van der Waals surface area contributed by atoms with Crippen molar-refractivity contribution in [1.29, 1.82) is 0 Å². The van der Waals surface area contributed by atoms with Crippen LogP contribution < -0.4 is 11.3 Å². The predicted molar refractivity (Wildman–Crippen MR) is 157 cm³/mol. The molecule has 40 heavy (non-hydrogen) atoms. The minimum absolute atomic E-state index is 0.290. The van der Waals surface area contributed by atoms with Crippen LogP contribution in [-0.4, -0.2) is 25.2 Å². The number of thiophene rings is 1. The summed E-state index contributed by atoms with van der Waals surface area (Å²) in [6, 6.07) is 17.4. The number of carbonyl (C=O) groups is 1. The minimum atomic E-state index is -1.36. The molecule has 1 unspecified atom stereocenters. The average molecular weight is 594 g/mol. The topological polar surface area (TPSA) is 95.8 Å². The van der Waals surface area contributed by atoms with Gasteiger partial charge in [-0.3, -0.25) is 14.3 Å². The van der Waals surface area contributed by atoms with Crippen molar-refractivity contribution in [2.24, 2.45) is 12.8 Å². The van der Waals surface area contributed by atoms with Crippen LogP contribution in [-0.2, 0) is 29.6 Å². The van der Waals surface area contributed by atoms with Gasteiger partial charge in [0.15, 0.2) is 10.7 Å². The Morgan fingerprint density at radius 1 is 1.07 bits per heavy atom. The molecule has 5 aromatic rings. The number of nitrogens with zero attached hydrogens (tertiary/aromatic N) is 4. The molecule has 0 saturated heterocycles. The molecule has 2 aromatic carbocycles. The minimum Gasteiger partial charge on any atom is -0.367 e. The van der Waals surface area contributed by atoms with E-state index in [0.29, 0.717) is 26.4 Å². The van der Waals surface area contributed by atoms with E-state index < -0.39 is 17.0 Å². The quantitative estimate of drug-likeness (QED) is 0.176. The summed E-state index contributed by atoms with van der Waals surface area (Å²) in [5.41, 5.74) is 7.37. The van der Waals surface area contributed by atoms with Gasteiger partial charge in [-0.1, -0.05) is 47.6 Å². The van der Waals surface area contributed by atoms with Gasteiger partial charge >= 0.3 is 0 Å². The van der Waals surface area contributed by atoms with Crippen LogP contribution in [0.2, 0.25) is 5.02 Å². The lowest BCUT2D eigenvalue weighted by molar-refractivity contribution is -0.124. The number of hydrogen-bond acceptors (Lipinski definition) is 6. The lowest BCUT2D eigenvalue weighted by Gasteiger charge is -2.30. The number of aromatic nitrogens is 4. The molecule has 0 spiro atoms. The van der Waals surface area contributed by atoms with E-state index in [1.807, 2.05) is 42.6 Å². The smallest absolute Gasteiger partial charge is 0.277 e. The summed E-state index contributed by atoms with van der Waals surface area (Å²) in [4.78, 5) is 32.5. The third-order valence-electron chi connectivity index (χ3n) is 6.57. The van der Waals surface area contributed by atoms with Crippen LogP contribution in [0.15, 0.2) is 89.2 Å². The third-order valence-corrected chi connectivity index (χ3v) is 9.19. The highest BCUT2D eigenvalue weighted by Crippen LogP contribution is 2.39. The number of hydrogen-bond donors (Lipinski definition) is 1. The highest BCUT2D eigenvalue weighted by Gasteiger charge is 2.39. The van der Waals surface area contributed by atoms with Gasteiger partial charge in [0.05, 0.1) is 6.20 Å². The molecule has 2 N–H and O–H groups in total. The Balaban J connectivity index is 1.60. The number of halogens is 2. The Bertz CT molecular complexity index is 1730. The maximum Gasteiger partial charge on any atom is 0.277 e. The van der Waals surface area contributed by atoms with Crippen molar-refractivity contribution in [3.63, 3.8) is 0 Å². The van der Waals surface area contributed by atoms with Gasteiger partial charge in [0.1, 0.15) is 5.82 Å². The number of carbonyl (C=O) groups excluding carboxylic acids is 1. The Morgan fingerprint density at radius 2 is 1.80 bits per heavy atom. The molecule has 1 amide bonds. The van der Waals surface area contributed by atoms with E-state index in [1.54, 1.807) is 47.7 Å². The van der Waals surface area contributed by atoms with Crippen LogP contribution in [0, 0.1) is 5.82 Å². The summed E-state index contributed by atoms with van der Waals surface area (Å²) in [6.07, 6.45) is 5.47. The summed E-state index contributed by atoms with van der Waals surface area (Å²) in [5, 5.41) is 5.15. The predicted octanol–water partition coefficient (Wildman–Crippen LogP) is 5.63. The molecule has 204 valence electrons. The Kier molecular flexibility index (Phi) is 7.93. The van der Waals surface area contributed by atoms with Crippen molar-refractivity contribution in [2.75, 3.05) is 0 Å². The summed E-state index contributed by atoms with van der Waals surface area (Å²) in [7, 11) is 1.80. The lowest BCUT2D eigenvalue weighted by atomic mass is 9.98. The van der Waals surface area contributed by atoms with Crippen LogP contribution in [0.5, 0.6) is 0 Å². The van der Waals surface area contributed by atoms with E-state index in [9.17, 15) is 14.0 Å². The zero-order valence-corrected chi connectivity index (χ0v) is 24.1. The molecule has 1 atom stereocenters. The van der Waals surface area contributed by atoms with E-state index in [0.717, 1.165) is 21.6 Å². The molecule has 0 saturated carbocycles. The van der Waals surface area contributed by atoms with Crippen LogP contribution in [0.3, 0.4) is 0 Å². The molecule has 3 aromatic heterocycles. The van der Waals surface area contributed by atoms with Gasteiger partial charge in [-0.15, -0.1) is 11.3 Å². The fourth-order valence-corrected chi connectivity index (χ4v) is 6.56. The summed E-state index contributed by atoms with van der Waals surface area (Å²) in [6.45, 7) is 1.73. The molecule has 0 aliphatic rings. The second-order valence-electron chi connectivity index (χ2n) is 9.45. The summed E-state index contributed by atoms with van der Waals surface area (Å²) < 4.78 is 16.8. The van der Waals surface area contributed by atoms with Crippen molar-refractivity contribution in [1.82, 2.24) is 19.3 Å². The van der Waals surface area contributed by atoms with E-state index >= 15 is 0 Å². The van der Waals surface area contributed by atoms with E-state index in [2.05, 4.69) is 10.1 Å². The lowest BCUT2D eigenvalue weighted by Crippen LogP contribution is -2.46. The largest absolute Gasteiger partial charge is 0.367 e. The maximum absolute atomic E-state index is 13.4.